The molecule has 0 aliphatic carbocycles. The Hall–Kier alpha value is -1.89. The van der Waals surface area contributed by atoms with Crippen LogP contribution in [0.25, 0.3) is 0 Å². The Labute approximate surface area is 129 Å². The van der Waals surface area contributed by atoms with Crippen molar-refractivity contribution in [3.05, 3.63) is 29.8 Å². The minimum atomic E-state index is -3.02. The van der Waals surface area contributed by atoms with Crippen LogP contribution < -0.4 is 10.2 Å². The van der Waals surface area contributed by atoms with E-state index in [4.69, 9.17) is 0 Å². The van der Waals surface area contributed by atoms with Gasteiger partial charge in [0.1, 0.15) is 0 Å². The Morgan fingerprint density at radius 3 is 2.77 bits per heavy atom. The fourth-order valence-corrected chi connectivity index (χ4v) is 4.59. The molecule has 2 saturated heterocycles. The fraction of sp³-hybridized carbons (Fsp3) is 0.467. The maximum Gasteiger partial charge on any atom is 0.251 e. The van der Waals surface area contributed by atoms with Gasteiger partial charge in [-0.3, -0.25) is 9.59 Å². The molecule has 2 fully saturated rings. The van der Waals surface area contributed by atoms with Crippen molar-refractivity contribution >= 4 is 27.3 Å². The molecule has 0 saturated carbocycles. The molecule has 22 heavy (non-hydrogen) atoms. The second-order valence-corrected chi connectivity index (χ2v) is 8.00. The van der Waals surface area contributed by atoms with E-state index < -0.39 is 9.84 Å². The number of hydrogen-bond acceptors (Lipinski definition) is 4. The smallest absolute Gasteiger partial charge is 0.251 e. The number of carbonyl (C=O) groups is 2. The van der Waals surface area contributed by atoms with Crippen LogP contribution in [0.4, 0.5) is 5.69 Å². The summed E-state index contributed by atoms with van der Waals surface area (Å²) in [7, 11) is -3.02. The lowest BCUT2D eigenvalue weighted by molar-refractivity contribution is -0.117. The maximum atomic E-state index is 12.3. The third-order valence-electron chi connectivity index (χ3n) is 4.06. The molecule has 1 aromatic carbocycles. The van der Waals surface area contributed by atoms with Crippen LogP contribution in [0.1, 0.15) is 29.6 Å². The minimum Gasteiger partial charge on any atom is -0.348 e. The molecule has 2 heterocycles. The molecule has 1 unspecified atom stereocenters. The summed E-state index contributed by atoms with van der Waals surface area (Å²) in [6.45, 7) is 0.671. The zero-order valence-corrected chi connectivity index (χ0v) is 12.9. The van der Waals surface area contributed by atoms with E-state index in [9.17, 15) is 18.0 Å². The Kier molecular flexibility index (Phi) is 3.90. The lowest BCUT2D eigenvalue weighted by atomic mass is 10.1. The first-order chi connectivity index (χ1) is 10.4. The van der Waals surface area contributed by atoms with E-state index in [-0.39, 0.29) is 29.4 Å². The predicted octanol–water partition coefficient (Wildman–Crippen LogP) is 0.730. The predicted molar refractivity (Wildman–Crippen MR) is 82.6 cm³/mol. The summed E-state index contributed by atoms with van der Waals surface area (Å²) in [5.41, 5.74) is 1.16. The average molecular weight is 322 g/mol. The van der Waals surface area contributed by atoms with Crippen molar-refractivity contribution in [3.63, 3.8) is 0 Å². The van der Waals surface area contributed by atoms with E-state index in [1.54, 1.807) is 29.2 Å². The van der Waals surface area contributed by atoms with Gasteiger partial charge < -0.3 is 10.2 Å². The van der Waals surface area contributed by atoms with E-state index in [0.717, 1.165) is 6.42 Å². The van der Waals surface area contributed by atoms with Gasteiger partial charge in [0.2, 0.25) is 5.91 Å². The standard InChI is InChI=1S/C15H18N2O4S/c18-14-5-2-7-17(14)13-4-1-3-11(9-13)15(19)16-12-6-8-22(20,21)10-12/h1,3-4,9,12H,2,5-8,10H2,(H,16,19). The molecule has 1 N–H and O–H groups in total. The van der Waals surface area contributed by atoms with Crippen LogP contribution in [0.5, 0.6) is 0 Å². The van der Waals surface area contributed by atoms with Crippen LogP contribution in [0.15, 0.2) is 24.3 Å². The molecule has 0 radical (unpaired) electrons. The number of hydrogen-bond donors (Lipinski definition) is 1. The number of carbonyl (C=O) groups excluding carboxylic acids is 2. The van der Waals surface area contributed by atoms with Crippen molar-refractivity contribution in [2.75, 3.05) is 23.0 Å². The van der Waals surface area contributed by atoms with Gasteiger partial charge in [0.05, 0.1) is 11.5 Å². The molecule has 3 rings (SSSR count). The molecule has 1 aromatic rings. The van der Waals surface area contributed by atoms with Crippen molar-refractivity contribution in [2.45, 2.75) is 25.3 Å². The fourth-order valence-electron chi connectivity index (χ4n) is 2.91. The summed E-state index contributed by atoms with van der Waals surface area (Å²) < 4.78 is 22.9. The minimum absolute atomic E-state index is 0.00302. The zero-order valence-electron chi connectivity index (χ0n) is 12.1. The van der Waals surface area contributed by atoms with Crippen molar-refractivity contribution in [3.8, 4) is 0 Å². The van der Waals surface area contributed by atoms with Gasteiger partial charge in [0.15, 0.2) is 9.84 Å². The third-order valence-corrected chi connectivity index (χ3v) is 5.83. The van der Waals surface area contributed by atoms with Crippen LogP contribution in [0, 0.1) is 0 Å². The van der Waals surface area contributed by atoms with Gasteiger partial charge in [0, 0.05) is 30.3 Å². The summed E-state index contributed by atoms with van der Waals surface area (Å²) in [6, 6.07) is 6.57. The highest BCUT2D eigenvalue weighted by Gasteiger charge is 2.29. The zero-order chi connectivity index (χ0) is 15.7. The SMILES string of the molecule is O=C(NC1CCS(=O)(=O)C1)c1cccc(N2CCCC2=O)c1. The highest BCUT2D eigenvalue weighted by Crippen LogP contribution is 2.22. The highest BCUT2D eigenvalue weighted by atomic mass is 32.2. The number of nitrogens with zero attached hydrogens (tertiary/aromatic N) is 1. The summed E-state index contributed by atoms with van der Waals surface area (Å²) in [5.74, 6) is -0.0985. The summed E-state index contributed by atoms with van der Waals surface area (Å²) in [6.07, 6.45) is 1.82. The molecule has 2 aliphatic rings. The number of nitrogens with one attached hydrogen (secondary N) is 1. The lowest BCUT2D eigenvalue weighted by Crippen LogP contribution is -2.35. The van der Waals surface area contributed by atoms with E-state index in [1.165, 1.54) is 0 Å². The van der Waals surface area contributed by atoms with E-state index >= 15 is 0 Å². The Bertz CT molecular complexity index is 714. The topological polar surface area (TPSA) is 83.6 Å². The van der Waals surface area contributed by atoms with Gasteiger partial charge >= 0.3 is 0 Å². The monoisotopic (exact) mass is 322 g/mol. The molecule has 0 spiro atoms. The normalized spacial score (nSPS) is 23.7. The molecule has 118 valence electrons. The first-order valence-electron chi connectivity index (χ1n) is 7.36. The van der Waals surface area contributed by atoms with Crippen LogP contribution >= 0.6 is 0 Å². The second-order valence-electron chi connectivity index (χ2n) is 5.77. The first-order valence-corrected chi connectivity index (χ1v) is 9.18. The number of amides is 2. The molecule has 0 aromatic heterocycles. The molecule has 1 atom stereocenters. The van der Waals surface area contributed by atoms with Crippen molar-refractivity contribution in [1.29, 1.82) is 0 Å². The molecule has 2 amide bonds. The van der Waals surface area contributed by atoms with Crippen molar-refractivity contribution in [1.82, 2.24) is 5.32 Å². The number of benzene rings is 1. The Balaban J connectivity index is 1.72. The van der Waals surface area contributed by atoms with Crippen LogP contribution in [0.3, 0.4) is 0 Å². The Morgan fingerprint density at radius 2 is 2.14 bits per heavy atom. The van der Waals surface area contributed by atoms with Gasteiger partial charge in [-0.05, 0) is 31.0 Å². The molecule has 2 aliphatic heterocycles. The largest absolute Gasteiger partial charge is 0.348 e. The van der Waals surface area contributed by atoms with Crippen LogP contribution in [-0.4, -0.2) is 44.3 Å². The highest BCUT2D eigenvalue weighted by molar-refractivity contribution is 7.91. The molecule has 7 heteroatoms. The number of anilines is 1. The molecule has 0 bridgehead atoms. The molecular weight excluding hydrogens is 304 g/mol. The first kappa shape index (κ1) is 15.0. The average Bonchev–Trinajstić information content (AvgIpc) is 3.04. The van der Waals surface area contributed by atoms with Crippen molar-refractivity contribution in [2.24, 2.45) is 0 Å². The van der Waals surface area contributed by atoms with Gasteiger partial charge in [-0.15, -0.1) is 0 Å². The molecular formula is C15H18N2O4S. The third kappa shape index (κ3) is 3.14. The number of rotatable bonds is 3. The van der Waals surface area contributed by atoms with Gasteiger partial charge in [-0.2, -0.15) is 0 Å². The van der Waals surface area contributed by atoms with Gasteiger partial charge in [0.25, 0.3) is 5.91 Å². The summed E-state index contributed by atoms with van der Waals surface area (Å²) >= 11 is 0. The Morgan fingerprint density at radius 1 is 1.32 bits per heavy atom. The van der Waals surface area contributed by atoms with E-state index in [2.05, 4.69) is 5.32 Å². The van der Waals surface area contributed by atoms with E-state index in [0.29, 0.717) is 30.6 Å². The quantitative estimate of drug-likeness (QED) is 0.889. The van der Waals surface area contributed by atoms with Crippen molar-refractivity contribution < 1.29 is 18.0 Å². The number of sulfone groups is 1. The van der Waals surface area contributed by atoms with Gasteiger partial charge in [-0.1, -0.05) is 6.07 Å². The van der Waals surface area contributed by atoms with E-state index in [1.807, 2.05) is 0 Å². The summed E-state index contributed by atoms with van der Waals surface area (Å²) in [4.78, 5) is 25.7. The lowest BCUT2D eigenvalue weighted by Gasteiger charge is -2.17. The van der Waals surface area contributed by atoms with Gasteiger partial charge in [-0.25, -0.2) is 8.42 Å². The maximum absolute atomic E-state index is 12.3. The second kappa shape index (κ2) is 5.72. The van der Waals surface area contributed by atoms with Crippen LogP contribution in [0.2, 0.25) is 0 Å². The van der Waals surface area contributed by atoms with Crippen LogP contribution in [-0.2, 0) is 14.6 Å². The molecule has 6 nitrogen and oxygen atoms in total. The summed E-state index contributed by atoms with van der Waals surface area (Å²) in [5, 5.41) is 2.76.